The van der Waals surface area contributed by atoms with Crippen molar-refractivity contribution in [1.82, 2.24) is 0 Å². The van der Waals surface area contributed by atoms with Crippen LogP contribution in [0.3, 0.4) is 0 Å². The summed E-state index contributed by atoms with van der Waals surface area (Å²) < 4.78 is 12.8. The van der Waals surface area contributed by atoms with Crippen molar-refractivity contribution >= 4 is 23.4 Å². The third-order valence-electron chi connectivity index (χ3n) is 5.82. The SMILES string of the molecule is C[C@@H]1[C@H](CSc2ccc(C(=O)O)cc2)O[C@H](c2cccc(N)c2)O[C@@H]1c1ccc(CO)cc1. The van der Waals surface area contributed by atoms with Crippen LogP contribution in [0.2, 0.25) is 0 Å². The molecule has 0 spiro atoms. The summed E-state index contributed by atoms with van der Waals surface area (Å²) in [5, 5.41) is 18.5. The minimum Gasteiger partial charge on any atom is -0.478 e. The number of carboxylic acid groups (broad SMARTS) is 1. The van der Waals surface area contributed by atoms with Gasteiger partial charge < -0.3 is 25.4 Å². The highest BCUT2D eigenvalue weighted by atomic mass is 32.2. The van der Waals surface area contributed by atoms with Gasteiger partial charge in [-0.2, -0.15) is 0 Å². The Balaban J connectivity index is 1.56. The zero-order valence-electron chi connectivity index (χ0n) is 18.3. The molecule has 4 atom stereocenters. The zero-order chi connectivity index (χ0) is 23.4. The summed E-state index contributed by atoms with van der Waals surface area (Å²) in [4.78, 5) is 12.1. The topological polar surface area (TPSA) is 102 Å². The number of nitrogens with two attached hydrogens (primary N) is 1. The molecule has 7 heteroatoms. The maximum absolute atomic E-state index is 11.1. The Labute approximate surface area is 197 Å². The molecule has 1 heterocycles. The Morgan fingerprint density at radius 1 is 1.00 bits per heavy atom. The molecule has 3 aromatic rings. The molecule has 1 fully saturated rings. The maximum Gasteiger partial charge on any atom is 0.335 e. The molecule has 6 nitrogen and oxygen atoms in total. The lowest BCUT2D eigenvalue weighted by Gasteiger charge is -2.41. The molecular formula is C26H27NO5S. The maximum atomic E-state index is 11.1. The molecule has 0 radical (unpaired) electrons. The van der Waals surface area contributed by atoms with E-state index in [0.717, 1.165) is 21.6 Å². The number of carboxylic acids is 1. The summed E-state index contributed by atoms with van der Waals surface area (Å²) in [7, 11) is 0. The number of ether oxygens (including phenoxy) is 2. The predicted octanol–water partition coefficient (Wildman–Crippen LogP) is 5.04. The number of carbonyl (C=O) groups is 1. The van der Waals surface area contributed by atoms with E-state index in [1.54, 1.807) is 23.9 Å². The number of nitrogen functional groups attached to an aromatic ring is 1. The lowest BCUT2D eigenvalue weighted by atomic mass is 9.91. The molecule has 3 aromatic carbocycles. The second-order valence-corrected chi connectivity index (χ2v) is 9.23. The van der Waals surface area contributed by atoms with Gasteiger partial charge >= 0.3 is 5.97 Å². The average molecular weight is 466 g/mol. The van der Waals surface area contributed by atoms with Crippen LogP contribution >= 0.6 is 11.8 Å². The number of benzene rings is 3. The molecule has 1 aliphatic heterocycles. The van der Waals surface area contributed by atoms with Gasteiger partial charge in [0.15, 0.2) is 6.29 Å². The first kappa shape index (κ1) is 23.3. The fourth-order valence-electron chi connectivity index (χ4n) is 3.89. The second-order valence-electron chi connectivity index (χ2n) is 8.13. The van der Waals surface area contributed by atoms with E-state index in [1.165, 1.54) is 0 Å². The lowest BCUT2D eigenvalue weighted by molar-refractivity contribution is -0.268. The van der Waals surface area contributed by atoms with Crippen LogP contribution in [0.25, 0.3) is 0 Å². The monoisotopic (exact) mass is 465 g/mol. The Morgan fingerprint density at radius 3 is 2.36 bits per heavy atom. The van der Waals surface area contributed by atoms with Crippen LogP contribution < -0.4 is 5.73 Å². The van der Waals surface area contributed by atoms with E-state index in [-0.39, 0.29) is 30.3 Å². The normalized spacial score (nSPS) is 22.7. The van der Waals surface area contributed by atoms with Crippen molar-refractivity contribution in [2.24, 2.45) is 5.92 Å². The molecule has 0 saturated carbocycles. The van der Waals surface area contributed by atoms with Crippen molar-refractivity contribution in [3.05, 3.63) is 95.1 Å². The van der Waals surface area contributed by atoms with Gasteiger partial charge in [0.25, 0.3) is 0 Å². The zero-order valence-corrected chi connectivity index (χ0v) is 19.1. The first-order valence-electron chi connectivity index (χ1n) is 10.8. The smallest absolute Gasteiger partial charge is 0.335 e. The average Bonchev–Trinajstić information content (AvgIpc) is 2.83. The first-order chi connectivity index (χ1) is 15.9. The molecule has 1 saturated heterocycles. The van der Waals surface area contributed by atoms with Gasteiger partial charge in [0, 0.05) is 27.8 Å². The number of thioether (sulfide) groups is 1. The summed E-state index contributed by atoms with van der Waals surface area (Å²) in [5.41, 5.74) is 9.64. The number of aromatic carboxylic acids is 1. The molecule has 0 unspecified atom stereocenters. The van der Waals surface area contributed by atoms with E-state index in [1.807, 2.05) is 60.7 Å². The fourth-order valence-corrected chi connectivity index (χ4v) is 4.95. The summed E-state index contributed by atoms with van der Waals surface area (Å²) in [6.45, 7) is 2.11. The van der Waals surface area contributed by atoms with Crippen LogP contribution in [0.5, 0.6) is 0 Å². The number of hydrogen-bond donors (Lipinski definition) is 3. The fraction of sp³-hybridized carbons (Fsp3) is 0.269. The number of aliphatic hydroxyl groups is 1. The van der Waals surface area contributed by atoms with Gasteiger partial charge in [-0.15, -0.1) is 11.8 Å². The van der Waals surface area contributed by atoms with Crippen molar-refractivity contribution in [1.29, 1.82) is 0 Å². The number of anilines is 1. The van der Waals surface area contributed by atoms with Crippen LogP contribution in [0.4, 0.5) is 5.69 Å². The predicted molar refractivity (Wildman–Crippen MR) is 128 cm³/mol. The van der Waals surface area contributed by atoms with Crippen molar-refractivity contribution in [2.45, 2.75) is 36.9 Å². The van der Waals surface area contributed by atoms with Crippen molar-refractivity contribution in [3.8, 4) is 0 Å². The molecule has 0 amide bonds. The highest BCUT2D eigenvalue weighted by Crippen LogP contribution is 2.43. The Morgan fingerprint density at radius 2 is 1.73 bits per heavy atom. The molecule has 0 bridgehead atoms. The minimum atomic E-state index is -0.937. The molecule has 1 aliphatic rings. The molecule has 172 valence electrons. The van der Waals surface area contributed by atoms with E-state index in [2.05, 4.69) is 6.92 Å². The van der Waals surface area contributed by atoms with Crippen molar-refractivity contribution < 1.29 is 24.5 Å². The van der Waals surface area contributed by atoms with Crippen LogP contribution in [-0.2, 0) is 16.1 Å². The second kappa shape index (κ2) is 10.4. The van der Waals surface area contributed by atoms with E-state index in [9.17, 15) is 9.90 Å². The quantitative estimate of drug-likeness (QED) is 0.332. The van der Waals surface area contributed by atoms with Gasteiger partial charge in [0.2, 0.25) is 0 Å². The van der Waals surface area contributed by atoms with Gasteiger partial charge in [0.05, 0.1) is 24.4 Å². The molecule has 33 heavy (non-hydrogen) atoms. The number of hydrogen-bond acceptors (Lipinski definition) is 6. The molecule has 0 aliphatic carbocycles. The Kier molecular flexibility index (Phi) is 7.35. The summed E-state index contributed by atoms with van der Waals surface area (Å²) >= 11 is 1.62. The van der Waals surface area contributed by atoms with Gasteiger partial charge in [0.1, 0.15) is 0 Å². The van der Waals surface area contributed by atoms with Crippen LogP contribution in [0, 0.1) is 5.92 Å². The van der Waals surface area contributed by atoms with Gasteiger partial charge in [-0.05, 0) is 47.5 Å². The van der Waals surface area contributed by atoms with Crippen molar-refractivity contribution in [2.75, 3.05) is 11.5 Å². The summed E-state index contributed by atoms with van der Waals surface area (Å²) in [6.07, 6.45) is -0.873. The van der Waals surface area contributed by atoms with Crippen LogP contribution in [0.15, 0.2) is 77.7 Å². The lowest BCUT2D eigenvalue weighted by Crippen LogP contribution is -2.38. The third kappa shape index (κ3) is 5.57. The standard InChI is InChI=1S/C26H27NO5S/c1-16-23(15-33-22-11-9-19(10-12-22)25(29)30)31-26(20-3-2-4-21(27)13-20)32-24(16)18-7-5-17(14-28)6-8-18/h2-13,16,23-24,26,28H,14-15,27H2,1H3,(H,29,30)/t16-,23+,24+,26+/m1/s1. The van der Waals surface area contributed by atoms with E-state index < -0.39 is 12.3 Å². The van der Waals surface area contributed by atoms with Crippen molar-refractivity contribution in [3.63, 3.8) is 0 Å². The largest absolute Gasteiger partial charge is 0.478 e. The minimum absolute atomic E-state index is 0.00365. The number of rotatable bonds is 7. The Bertz CT molecular complexity index is 1090. The molecule has 0 aromatic heterocycles. The summed E-state index contributed by atoms with van der Waals surface area (Å²) in [6, 6.07) is 22.2. The Hall–Kier alpha value is -2.84. The van der Waals surface area contributed by atoms with Crippen LogP contribution in [-0.4, -0.2) is 28.0 Å². The third-order valence-corrected chi connectivity index (χ3v) is 6.92. The number of aliphatic hydroxyl groups excluding tert-OH is 1. The van der Waals surface area contributed by atoms with Gasteiger partial charge in [-0.25, -0.2) is 4.79 Å². The molecule has 4 rings (SSSR count). The molecular weight excluding hydrogens is 438 g/mol. The van der Waals surface area contributed by atoms with Gasteiger partial charge in [-0.3, -0.25) is 0 Å². The summed E-state index contributed by atoms with van der Waals surface area (Å²) in [5.74, 6) is -0.192. The van der Waals surface area contributed by atoms with Crippen LogP contribution in [0.1, 0.15) is 46.4 Å². The van der Waals surface area contributed by atoms with E-state index >= 15 is 0 Å². The first-order valence-corrected chi connectivity index (χ1v) is 11.8. The van der Waals surface area contributed by atoms with E-state index in [0.29, 0.717) is 11.4 Å². The highest BCUT2D eigenvalue weighted by molar-refractivity contribution is 7.99. The van der Waals surface area contributed by atoms with E-state index in [4.69, 9.17) is 20.3 Å². The van der Waals surface area contributed by atoms with Gasteiger partial charge in [-0.1, -0.05) is 43.3 Å². The highest BCUT2D eigenvalue weighted by Gasteiger charge is 2.38. The molecule has 4 N–H and O–H groups in total.